The fourth-order valence-corrected chi connectivity index (χ4v) is 2.06. The van der Waals surface area contributed by atoms with Gasteiger partial charge in [-0.25, -0.2) is 4.98 Å². The van der Waals surface area contributed by atoms with E-state index in [0.717, 1.165) is 11.7 Å². The van der Waals surface area contributed by atoms with Gasteiger partial charge in [-0.3, -0.25) is 0 Å². The van der Waals surface area contributed by atoms with Gasteiger partial charge in [-0.05, 0) is 11.1 Å². The first-order valence-electron chi connectivity index (χ1n) is 5.06. The van der Waals surface area contributed by atoms with Crippen molar-refractivity contribution in [2.24, 2.45) is 5.73 Å². The number of nitrogens with two attached hydrogens (primary N) is 1. The van der Waals surface area contributed by atoms with E-state index in [2.05, 4.69) is 26.4 Å². The molecule has 2 aromatic rings. The van der Waals surface area contributed by atoms with Gasteiger partial charge in [-0.1, -0.05) is 24.3 Å². The fourth-order valence-electron chi connectivity index (χ4n) is 1.57. The van der Waals surface area contributed by atoms with Gasteiger partial charge in [0, 0.05) is 31.7 Å². The Morgan fingerprint density at radius 3 is 2.69 bits per heavy atom. The average Bonchev–Trinajstić information content (AvgIpc) is 2.83. The van der Waals surface area contributed by atoms with Crippen molar-refractivity contribution in [3.8, 4) is 0 Å². The lowest BCUT2D eigenvalue weighted by Gasteiger charge is -2.17. The van der Waals surface area contributed by atoms with Crippen LogP contribution in [0.3, 0.4) is 0 Å². The van der Waals surface area contributed by atoms with Crippen molar-refractivity contribution >= 4 is 16.7 Å². The summed E-state index contributed by atoms with van der Waals surface area (Å²) in [4.78, 5) is 6.25. The fraction of sp³-hybridized carbons (Fsp3) is 0.273. The third-order valence-corrected chi connectivity index (χ3v) is 3.20. The first-order valence-corrected chi connectivity index (χ1v) is 5.83. The zero-order chi connectivity index (χ0) is 11.4. The number of rotatable bonds is 4. The number of anilines is 1. The molecule has 2 N–H and O–H groups in total. The molecule has 0 saturated carbocycles. The van der Waals surface area contributed by atoms with Gasteiger partial charge in [0.1, 0.15) is 6.33 Å². The Bertz CT molecular complexity index is 441. The van der Waals surface area contributed by atoms with Crippen LogP contribution in [0.25, 0.3) is 0 Å². The summed E-state index contributed by atoms with van der Waals surface area (Å²) >= 11 is 1.40. The third kappa shape index (κ3) is 2.37. The van der Waals surface area contributed by atoms with Crippen molar-refractivity contribution in [3.63, 3.8) is 0 Å². The summed E-state index contributed by atoms with van der Waals surface area (Å²) in [7, 11) is 2.01. The molecule has 2 rings (SSSR count). The van der Waals surface area contributed by atoms with Crippen LogP contribution in [0.2, 0.25) is 0 Å². The second kappa shape index (κ2) is 5.05. The average molecular weight is 234 g/mol. The van der Waals surface area contributed by atoms with Gasteiger partial charge < -0.3 is 10.6 Å². The van der Waals surface area contributed by atoms with E-state index in [0.29, 0.717) is 6.54 Å². The van der Waals surface area contributed by atoms with Crippen LogP contribution in [0.5, 0.6) is 0 Å². The zero-order valence-corrected chi connectivity index (χ0v) is 9.94. The standard InChI is InChI=1S/C11H14N4S/c1-15(11-13-8-14-16-11)7-10-5-3-2-4-9(10)6-12/h2-5,8H,6-7,12H2,1H3. The first-order chi connectivity index (χ1) is 7.81. The van der Waals surface area contributed by atoms with Gasteiger partial charge >= 0.3 is 0 Å². The Labute approximate surface area is 98.9 Å². The molecule has 0 aliphatic rings. The van der Waals surface area contributed by atoms with E-state index in [1.807, 2.05) is 19.2 Å². The van der Waals surface area contributed by atoms with Gasteiger partial charge in [0.25, 0.3) is 0 Å². The smallest absolute Gasteiger partial charge is 0.204 e. The number of hydrogen-bond donors (Lipinski definition) is 1. The SMILES string of the molecule is CN(Cc1ccccc1CN)c1ncns1. The Kier molecular flexibility index (Phi) is 3.48. The second-order valence-corrected chi connectivity index (χ2v) is 4.31. The molecule has 4 nitrogen and oxygen atoms in total. The maximum atomic E-state index is 5.70. The number of benzene rings is 1. The highest BCUT2D eigenvalue weighted by Gasteiger charge is 2.07. The normalized spacial score (nSPS) is 10.4. The van der Waals surface area contributed by atoms with E-state index in [1.54, 1.807) is 6.33 Å². The molecule has 0 bridgehead atoms. The van der Waals surface area contributed by atoms with Crippen LogP contribution in [-0.2, 0) is 13.1 Å². The Morgan fingerprint density at radius 2 is 2.06 bits per heavy atom. The summed E-state index contributed by atoms with van der Waals surface area (Å²) in [5.74, 6) is 0. The molecular formula is C11H14N4S. The van der Waals surface area contributed by atoms with Crippen LogP contribution in [0.4, 0.5) is 5.13 Å². The van der Waals surface area contributed by atoms with Crippen molar-refractivity contribution < 1.29 is 0 Å². The predicted octanol–water partition coefficient (Wildman–Crippen LogP) is 1.63. The van der Waals surface area contributed by atoms with E-state index < -0.39 is 0 Å². The minimum absolute atomic E-state index is 0.570. The van der Waals surface area contributed by atoms with Gasteiger partial charge in [0.05, 0.1) is 0 Å². The molecule has 0 amide bonds. The van der Waals surface area contributed by atoms with E-state index in [-0.39, 0.29) is 0 Å². The second-order valence-electron chi connectivity index (χ2n) is 3.55. The molecule has 84 valence electrons. The molecular weight excluding hydrogens is 220 g/mol. The summed E-state index contributed by atoms with van der Waals surface area (Å²) in [6, 6.07) is 8.20. The highest BCUT2D eigenvalue weighted by molar-refractivity contribution is 7.09. The van der Waals surface area contributed by atoms with Crippen molar-refractivity contribution in [3.05, 3.63) is 41.7 Å². The number of hydrogen-bond acceptors (Lipinski definition) is 5. The van der Waals surface area contributed by atoms with Crippen LogP contribution in [0, 0.1) is 0 Å². The molecule has 1 heterocycles. The van der Waals surface area contributed by atoms with Gasteiger partial charge in [0.15, 0.2) is 0 Å². The topological polar surface area (TPSA) is 55.0 Å². The van der Waals surface area contributed by atoms with Crippen molar-refractivity contribution in [2.75, 3.05) is 11.9 Å². The van der Waals surface area contributed by atoms with Gasteiger partial charge in [-0.2, -0.15) is 4.37 Å². The summed E-state index contributed by atoms with van der Waals surface area (Å²) in [5, 5.41) is 0.923. The number of aromatic nitrogens is 2. The van der Waals surface area contributed by atoms with Crippen molar-refractivity contribution in [1.29, 1.82) is 0 Å². The summed E-state index contributed by atoms with van der Waals surface area (Å²) in [6.07, 6.45) is 1.57. The zero-order valence-electron chi connectivity index (χ0n) is 9.13. The molecule has 0 aliphatic heterocycles. The maximum Gasteiger partial charge on any atom is 0.204 e. The van der Waals surface area contributed by atoms with Crippen LogP contribution >= 0.6 is 11.5 Å². The molecule has 0 radical (unpaired) electrons. The third-order valence-electron chi connectivity index (χ3n) is 2.42. The first kappa shape index (κ1) is 11.0. The van der Waals surface area contributed by atoms with Crippen molar-refractivity contribution in [1.82, 2.24) is 9.36 Å². The highest BCUT2D eigenvalue weighted by Crippen LogP contribution is 2.17. The van der Waals surface area contributed by atoms with Crippen molar-refractivity contribution in [2.45, 2.75) is 13.1 Å². The van der Waals surface area contributed by atoms with E-state index in [9.17, 15) is 0 Å². The number of nitrogens with zero attached hydrogens (tertiary/aromatic N) is 3. The molecule has 0 atom stereocenters. The molecule has 0 fully saturated rings. The largest absolute Gasteiger partial charge is 0.346 e. The van der Waals surface area contributed by atoms with Gasteiger partial charge in [-0.15, -0.1) is 0 Å². The van der Waals surface area contributed by atoms with Gasteiger partial charge in [0.2, 0.25) is 5.13 Å². The molecule has 0 aliphatic carbocycles. The van der Waals surface area contributed by atoms with Crippen LogP contribution in [-0.4, -0.2) is 16.4 Å². The van der Waals surface area contributed by atoms with Crippen LogP contribution in [0.1, 0.15) is 11.1 Å². The predicted molar refractivity (Wildman–Crippen MR) is 66.3 cm³/mol. The van der Waals surface area contributed by atoms with Crippen LogP contribution in [0.15, 0.2) is 30.6 Å². The minimum Gasteiger partial charge on any atom is -0.346 e. The summed E-state index contributed by atoms with van der Waals surface area (Å²) in [6.45, 7) is 1.38. The Balaban J connectivity index is 2.14. The highest BCUT2D eigenvalue weighted by atomic mass is 32.1. The van der Waals surface area contributed by atoms with Crippen LogP contribution < -0.4 is 10.6 Å². The monoisotopic (exact) mass is 234 g/mol. The van der Waals surface area contributed by atoms with E-state index in [4.69, 9.17) is 5.73 Å². The molecule has 0 saturated heterocycles. The molecule has 16 heavy (non-hydrogen) atoms. The lowest BCUT2D eigenvalue weighted by atomic mass is 10.1. The lowest BCUT2D eigenvalue weighted by Crippen LogP contribution is -2.17. The Hall–Kier alpha value is -1.46. The summed E-state index contributed by atoms with van der Waals surface area (Å²) < 4.78 is 3.99. The minimum atomic E-state index is 0.570. The molecule has 0 unspecified atom stereocenters. The quantitative estimate of drug-likeness (QED) is 0.873. The maximum absolute atomic E-state index is 5.70. The molecule has 1 aromatic heterocycles. The van der Waals surface area contributed by atoms with E-state index >= 15 is 0 Å². The molecule has 5 heteroatoms. The molecule has 0 spiro atoms. The lowest BCUT2D eigenvalue weighted by molar-refractivity contribution is 0.889. The summed E-state index contributed by atoms with van der Waals surface area (Å²) in [5.41, 5.74) is 8.12. The Morgan fingerprint density at radius 1 is 1.31 bits per heavy atom. The molecule has 1 aromatic carbocycles. The van der Waals surface area contributed by atoms with E-state index in [1.165, 1.54) is 22.7 Å².